The van der Waals surface area contributed by atoms with Gasteiger partial charge in [0.15, 0.2) is 17.1 Å². The number of carbonyl (C=O) groups is 1. The predicted octanol–water partition coefficient (Wildman–Crippen LogP) is 3.21. The minimum absolute atomic E-state index is 0. The van der Waals surface area contributed by atoms with Gasteiger partial charge in [-0.2, -0.15) is 0 Å². The minimum Gasteiger partial charge on any atom is -0.493 e. The van der Waals surface area contributed by atoms with E-state index in [4.69, 9.17) is 9.47 Å². The molecule has 1 unspecified atom stereocenters. The number of methoxy groups -OCH3 is 2. The normalized spacial score (nSPS) is 11.5. The third-order valence-electron chi connectivity index (χ3n) is 3.71. The summed E-state index contributed by atoms with van der Waals surface area (Å²) in [6, 6.07) is 1.40. The van der Waals surface area contributed by atoms with Crippen LogP contribution in [0, 0.1) is 10.1 Å². The van der Waals surface area contributed by atoms with Crippen molar-refractivity contribution in [3.8, 4) is 11.5 Å². The third-order valence-corrected chi connectivity index (χ3v) is 4.31. The maximum absolute atomic E-state index is 12.7. The number of benzene rings is 1. The summed E-state index contributed by atoms with van der Waals surface area (Å²) in [5, 5.41) is 14.2. The first-order chi connectivity index (χ1) is 11.3. The molecule has 142 valence electrons. The van der Waals surface area contributed by atoms with E-state index in [1.54, 1.807) is 0 Å². The number of nitro groups is 1. The summed E-state index contributed by atoms with van der Waals surface area (Å²) in [4.78, 5) is 25.5. The van der Waals surface area contributed by atoms with E-state index in [0.29, 0.717) is 0 Å². The van der Waals surface area contributed by atoms with Gasteiger partial charge in [-0.25, -0.2) is 0 Å². The van der Waals surface area contributed by atoms with Crippen LogP contribution in [0.4, 0.5) is 5.69 Å². The first-order valence-corrected chi connectivity index (χ1v) is 8.25. The Morgan fingerprint density at radius 1 is 1.36 bits per heavy atom. The van der Waals surface area contributed by atoms with Crippen molar-refractivity contribution < 1.29 is 19.2 Å². The third kappa shape index (κ3) is 5.20. The molecule has 0 fully saturated rings. The topological polar surface area (TPSA) is 93.9 Å². The van der Waals surface area contributed by atoms with Gasteiger partial charge in [0, 0.05) is 6.07 Å². The van der Waals surface area contributed by atoms with Gasteiger partial charge in [0.05, 0.1) is 25.3 Å². The summed E-state index contributed by atoms with van der Waals surface area (Å²) < 4.78 is 10.5. The van der Waals surface area contributed by atoms with E-state index >= 15 is 0 Å². The number of rotatable bonds is 8. The van der Waals surface area contributed by atoms with Crippen LogP contribution in [0.5, 0.6) is 11.5 Å². The zero-order chi connectivity index (χ0) is 18.4. The fraction of sp³-hybridized carbons (Fsp3) is 0.533. The van der Waals surface area contributed by atoms with E-state index in [1.807, 2.05) is 25.7 Å². The molecule has 0 bridgehead atoms. The van der Waals surface area contributed by atoms with Crippen molar-refractivity contribution in [3.05, 3.63) is 26.2 Å². The van der Waals surface area contributed by atoms with E-state index in [9.17, 15) is 14.9 Å². The monoisotopic (exact) mass is 439 g/mol. The molecule has 0 radical (unpaired) electrons. The highest BCUT2D eigenvalue weighted by Crippen LogP contribution is 2.42. The molecule has 10 heteroatoms. The van der Waals surface area contributed by atoms with Crippen molar-refractivity contribution in [2.45, 2.75) is 26.9 Å². The predicted molar refractivity (Wildman–Crippen MR) is 101 cm³/mol. The maximum Gasteiger partial charge on any atom is 0.300 e. The van der Waals surface area contributed by atoms with Crippen LogP contribution in [0.15, 0.2) is 10.5 Å². The molecule has 1 amide bonds. The second-order valence-corrected chi connectivity index (χ2v) is 5.80. The van der Waals surface area contributed by atoms with Crippen LogP contribution < -0.4 is 14.8 Å². The summed E-state index contributed by atoms with van der Waals surface area (Å²) in [5.74, 6) is -0.343. The molecule has 0 aliphatic carbocycles. The molecule has 0 aromatic heterocycles. The molecule has 0 saturated heterocycles. The van der Waals surface area contributed by atoms with Crippen LogP contribution in [0.1, 0.15) is 31.1 Å². The first-order valence-electron chi connectivity index (χ1n) is 7.45. The largest absolute Gasteiger partial charge is 0.493 e. The maximum atomic E-state index is 12.7. The number of nitro benzene ring substituents is 1. The molecule has 1 aromatic rings. The Hall–Kier alpha value is -1.58. The van der Waals surface area contributed by atoms with E-state index < -0.39 is 10.8 Å². The Balaban J connectivity index is 0.00000576. The van der Waals surface area contributed by atoms with Gasteiger partial charge in [0.2, 0.25) is 0 Å². The molecule has 25 heavy (non-hydrogen) atoms. The molecule has 1 aromatic carbocycles. The molecule has 0 heterocycles. The Morgan fingerprint density at radius 3 is 2.32 bits per heavy atom. The fourth-order valence-electron chi connectivity index (χ4n) is 2.47. The molecule has 0 aliphatic heterocycles. The molecule has 0 spiro atoms. The molecular weight excluding hydrogens is 418 g/mol. The first kappa shape index (κ1) is 23.4. The fourth-order valence-corrected chi connectivity index (χ4v) is 3.02. The number of nitrogens with zero attached hydrogens (tertiary/aromatic N) is 2. The molecule has 0 saturated carbocycles. The van der Waals surface area contributed by atoms with E-state index in [0.717, 1.165) is 13.1 Å². The van der Waals surface area contributed by atoms with E-state index in [2.05, 4.69) is 21.2 Å². The van der Waals surface area contributed by atoms with Crippen molar-refractivity contribution in [3.63, 3.8) is 0 Å². The summed E-state index contributed by atoms with van der Waals surface area (Å²) in [6.07, 6.45) is -0.290. The highest BCUT2D eigenvalue weighted by molar-refractivity contribution is 9.10. The number of carbonyl (C=O) groups excluding carboxylic acids is 1. The van der Waals surface area contributed by atoms with Crippen LogP contribution in [0.2, 0.25) is 0 Å². The van der Waals surface area contributed by atoms with Crippen molar-refractivity contribution in [2.75, 3.05) is 27.3 Å². The highest BCUT2D eigenvalue weighted by Gasteiger charge is 2.32. The van der Waals surface area contributed by atoms with Crippen LogP contribution in [-0.2, 0) is 0 Å². The number of amides is 1. The molecule has 1 N–H and O–H groups in total. The standard InChI is InChI=1S/C15H22BrN3O5.ClH/c1-6-18(7-2)9(3)17-15(20)12-13(19(21)22)10(16)8-11(23-4)14(12)24-5;/h8-9H,6-7H2,1-5H3,(H,17,20);1H. The van der Waals surface area contributed by atoms with E-state index in [1.165, 1.54) is 20.3 Å². The van der Waals surface area contributed by atoms with Gasteiger partial charge in [-0.3, -0.25) is 19.8 Å². The van der Waals surface area contributed by atoms with Gasteiger partial charge >= 0.3 is 0 Å². The highest BCUT2D eigenvalue weighted by atomic mass is 79.9. The van der Waals surface area contributed by atoms with Crippen molar-refractivity contribution in [2.24, 2.45) is 0 Å². The lowest BCUT2D eigenvalue weighted by molar-refractivity contribution is -0.386. The molecule has 1 atom stereocenters. The van der Waals surface area contributed by atoms with Gasteiger partial charge in [0.25, 0.3) is 11.6 Å². The SMILES string of the molecule is CCN(CC)C(C)NC(=O)c1c(OC)c(OC)cc(Br)c1[N+](=O)[O-].Cl. The van der Waals surface area contributed by atoms with Crippen LogP contribution in [0.25, 0.3) is 0 Å². The van der Waals surface area contributed by atoms with Gasteiger partial charge in [0.1, 0.15) is 4.47 Å². The number of ether oxygens (including phenoxy) is 2. The smallest absolute Gasteiger partial charge is 0.300 e. The molecule has 8 nitrogen and oxygen atoms in total. The summed E-state index contributed by atoms with van der Waals surface area (Å²) in [6.45, 7) is 7.23. The van der Waals surface area contributed by atoms with Crippen molar-refractivity contribution in [1.82, 2.24) is 10.2 Å². The lowest BCUT2D eigenvalue weighted by atomic mass is 10.1. The van der Waals surface area contributed by atoms with Gasteiger partial charge in [-0.15, -0.1) is 12.4 Å². The van der Waals surface area contributed by atoms with Crippen LogP contribution in [0.3, 0.4) is 0 Å². The quantitative estimate of drug-likeness (QED) is 0.379. The Morgan fingerprint density at radius 2 is 1.92 bits per heavy atom. The molecule has 1 rings (SSSR count). The van der Waals surface area contributed by atoms with Gasteiger partial charge in [-0.1, -0.05) is 13.8 Å². The van der Waals surface area contributed by atoms with E-state index in [-0.39, 0.29) is 45.8 Å². The van der Waals surface area contributed by atoms with Crippen molar-refractivity contribution >= 4 is 39.9 Å². The number of hydrogen-bond acceptors (Lipinski definition) is 6. The minimum atomic E-state index is -0.622. The Labute approximate surface area is 161 Å². The number of nitrogens with one attached hydrogen (secondary N) is 1. The second kappa shape index (κ2) is 10.4. The lowest BCUT2D eigenvalue weighted by Crippen LogP contribution is -2.46. The van der Waals surface area contributed by atoms with Crippen LogP contribution >= 0.6 is 28.3 Å². The van der Waals surface area contributed by atoms with Gasteiger partial charge in [-0.05, 0) is 35.9 Å². The van der Waals surface area contributed by atoms with Crippen LogP contribution in [-0.4, -0.2) is 49.2 Å². The summed E-state index contributed by atoms with van der Waals surface area (Å²) in [7, 11) is 2.73. The number of hydrogen-bond donors (Lipinski definition) is 1. The molecule has 0 aliphatic rings. The summed E-state index contributed by atoms with van der Waals surface area (Å²) in [5.41, 5.74) is -0.537. The summed E-state index contributed by atoms with van der Waals surface area (Å²) >= 11 is 3.13. The average Bonchev–Trinajstić information content (AvgIpc) is 2.54. The molecular formula is C15H23BrClN3O5. The van der Waals surface area contributed by atoms with Gasteiger partial charge < -0.3 is 14.8 Å². The average molecular weight is 441 g/mol. The second-order valence-electron chi connectivity index (χ2n) is 4.95. The Kier molecular flexibility index (Phi) is 9.76. The van der Waals surface area contributed by atoms with Crippen molar-refractivity contribution in [1.29, 1.82) is 0 Å². The lowest BCUT2D eigenvalue weighted by Gasteiger charge is -2.27. The Bertz CT molecular complexity index is 626. The number of halogens is 2. The zero-order valence-electron chi connectivity index (χ0n) is 14.8. The zero-order valence-corrected chi connectivity index (χ0v) is 17.2.